The number of ether oxygens (including phenoxy) is 1. The maximum atomic E-state index is 6.12. The second kappa shape index (κ2) is 6.13. The summed E-state index contributed by atoms with van der Waals surface area (Å²) < 4.78 is 6.06. The molecule has 1 nitrogen and oxygen atoms in total. The molecule has 0 aromatic heterocycles. The van der Waals surface area contributed by atoms with Gasteiger partial charge in [-0.1, -0.05) is 20.8 Å². The zero-order valence-electron chi connectivity index (χ0n) is 12.3. The Kier molecular flexibility index (Phi) is 4.99. The van der Waals surface area contributed by atoms with Gasteiger partial charge < -0.3 is 4.74 Å². The van der Waals surface area contributed by atoms with E-state index in [0.29, 0.717) is 17.4 Å². The molecule has 2 atom stereocenters. The fourth-order valence-corrected chi connectivity index (χ4v) is 4.19. The molecule has 0 spiro atoms. The Labute approximate surface area is 118 Å². The van der Waals surface area contributed by atoms with Crippen molar-refractivity contribution in [3.8, 4) is 0 Å². The lowest BCUT2D eigenvalue weighted by atomic mass is 9.67. The summed E-state index contributed by atoms with van der Waals surface area (Å²) in [7, 11) is 0. The molecule has 0 bridgehead atoms. The lowest BCUT2D eigenvalue weighted by Gasteiger charge is -2.42. The van der Waals surface area contributed by atoms with E-state index in [1.165, 1.54) is 38.5 Å². The van der Waals surface area contributed by atoms with Crippen LogP contribution in [0.4, 0.5) is 0 Å². The summed E-state index contributed by atoms with van der Waals surface area (Å²) in [5, 5.41) is 0. The van der Waals surface area contributed by atoms with Gasteiger partial charge in [0.25, 0.3) is 0 Å². The molecule has 0 amide bonds. The van der Waals surface area contributed by atoms with E-state index in [1.54, 1.807) is 0 Å². The smallest absolute Gasteiger partial charge is 0.0642 e. The number of rotatable bonds is 2. The van der Waals surface area contributed by atoms with Gasteiger partial charge in [-0.2, -0.15) is 0 Å². The van der Waals surface area contributed by atoms with Gasteiger partial charge in [-0.3, -0.25) is 0 Å². The van der Waals surface area contributed by atoms with Gasteiger partial charge in [-0.15, -0.1) is 11.6 Å². The van der Waals surface area contributed by atoms with Gasteiger partial charge >= 0.3 is 0 Å². The molecule has 0 aromatic carbocycles. The monoisotopic (exact) mass is 272 g/mol. The molecule has 1 aliphatic heterocycles. The molecular formula is C16H29ClO. The van der Waals surface area contributed by atoms with Crippen LogP contribution in [-0.2, 0) is 4.74 Å². The van der Waals surface area contributed by atoms with Crippen molar-refractivity contribution >= 4 is 11.6 Å². The number of hydrogen-bond acceptors (Lipinski definition) is 1. The van der Waals surface area contributed by atoms with Gasteiger partial charge in [0.05, 0.1) is 6.10 Å². The van der Waals surface area contributed by atoms with Gasteiger partial charge in [0, 0.05) is 12.5 Å². The average Bonchev–Trinajstić information content (AvgIpc) is 2.38. The van der Waals surface area contributed by atoms with Crippen LogP contribution in [0, 0.1) is 23.2 Å². The summed E-state index contributed by atoms with van der Waals surface area (Å²) >= 11 is 6.12. The molecule has 0 radical (unpaired) electrons. The zero-order valence-corrected chi connectivity index (χ0v) is 13.0. The lowest BCUT2D eigenvalue weighted by Crippen LogP contribution is -2.39. The van der Waals surface area contributed by atoms with Crippen LogP contribution >= 0.6 is 11.6 Å². The highest BCUT2D eigenvalue weighted by atomic mass is 35.5. The van der Waals surface area contributed by atoms with Crippen LogP contribution in [0.3, 0.4) is 0 Å². The first kappa shape index (κ1) is 14.7. The van der Waals surface area contributed by atoms with E-state index in [-0.39, 0.29) is 0 Å². The Morgan fingerprint density at radius 2 is 1.72 bits per heavy atom. The van der Waals surface area contributed by atoms with E-state index >= 15 is 0 Å². The molecule has 106 valence electrons. The molecule has 18 heavy (non-hydrogen) atoms. The largest absolute Gasteiger partial charge is 0.378 e. The predicted molar refractivity (Wildman–Crippen MR) is 78.1 cm³/mol. The summed E-state index contributed by atoms with van der Waals surface area (Å²) in [6.45, 7) is 8.11. The summed E-state index contributed by atoms with van der Waals surface area (Å²) in [6.07, 6.45) is 8.38. The van der Waals surface area contributed by atoms with E-state index in [4.69, 9.17) is 16.3 Å². The molecule has 1 heterocycles. The zero-order chi connectivity index (χ0) is 13.2. The number of alkyl halides is 1. The van der Waals surface area contributed by atoms with Crippen molar-refractivity contribution in [2.24, 2.45) is 23.2 Å². The van der Waals surface area contributed by atoms with E-state index in [1.807, 2.05) is 0 Å². The molecule has 1 saturated heterocycles. The Bertz CT molecular complexity index is 250. The third-order valence-corrected chi connectivity index (χ3v) is 5.55. The van der Waals surface area contributed by atoms with Crippen LogP contribution < -0.4 is 0 Å². The maximum absolute atomic E-state index is 6.12. The Morgan fingerprint density at radius 3 is 2.28 bits per heavy atom. The summed E-state index contributed by atoms with van der Waals surface area (Å²) in [5.74, 6) is 3.06. The first-order valence-electron chi connectivity index (χ1n) is 7.70. The summed E-state index contributed by atoms with van der Waals surface area (Å²) in [4.78, 5) is 0. The fraction of sp³-hybridized carbons (Fsp3) is 1.00. The van der Waals surface area contributed by atoms with E-state index in [2.05, 4.69) is 20.8 Å². The van der Waals surface area contributed by atoms with Crippen molar-refractivity contribution < 1.29 is 4.74 Å². The van der Waals surface area contributed by atoms with E-state index in [9.17, 15) is 0 Å². The molecule has 2 unspecified atom stereocenters. The van der Waals surface area contributed by atoms with Crippen LogP contribution in [0.25, 0.3) is 0 Å². The third-order valence-electron chi connectivity index (χ3n) is 5.15. The molecule has 2 rings (SSSR count). The first-order valence-corrected chi connectivity index (χ1v) is 8.23. The highest BCUT2D eigenvalue weighted by molar-refractivity contribution is 6.18. The minimum absolute atomic E-state index is 0.456. The van der Waals surface area contributed by atoms with Gasteiger partial charge in [-0.05, 0) is 61.7 Å². The third kappa shape index (κ3) is 3.42. The minimum Gasteiger partial charge on any atom is -0.378 e. The molecule has 1 saturated carbocycles. The summed E-state index contributed by atoms with van der Waals surface area (Å²) in [5.41, 5.74) is 0.476. The highest BCUT2D eigenvalue weighted by Crippen LogP contribution is 2.43. The highest BCUT2D eigenvalue weighted by Gasteiger charge is 2.37. The van der Waals surface area contributed by atoms with Crippen molar-refractivity contribution in [2.45, 2.75) is 65.4 Å². The standard InChI is InChI=1S/C16H29ClO/c1-16(2,3)14-8-6-12(7-9-14)15-13(11-17)5-4-10-18-15/h12-15H,4-11H2,1-3H3. The van der Waals surface area contributed by atoms with Crippen molar-refractivity contribution in [1.82, 2.24) is 0 Å². The quantitative estimate of drug-likeness (QED) is 0.652. The minimum atomic E-state index is 0.456. The molecule has 0 N–H and O–H groups in total. The fourth-order valence-electron chi connectivity index (χ4n) is 3.86. The van der Waals surface area contributed by atoms with Crippen LogP contribution in [0.1, 0.15) is 59.3 Å². The molecular weight excluding hydrogens is 244 g/mol. The van der Waals surface area contributed by atoms with Crippen LogP contribution in [0.2, 0.25) is 0 Å². The number of halogens is 1. The van der Waals surface area contributed by atoms with Gasteiger partial charge in [0.15, 0.2) is 0 Å². The Balaban J connectivity index is 1.88. The van der Waals surface area contributed by atoms with Crippen LogP contribution in [-0.4, -0.2) is 18.6 Å². The lowest BCUT2D eigenvalue weighted by molar-refractivity contribution is -0.0687. The molecule has 2 heteroatoms. The second-order valence-electron chi connectivity index (χ2n) is 7.37. The SMILES string of the molecule is CC(C)(C)C1CCC(C2OCCCC2CCl)CC1. The van der Waals surface area contributed by atoms with Crippen LogP contribution in [0.5, 0.6) is 0 Å². The second-order valence-corrected chi connectivity index (χ2v) is 7.68. The van der Waals surface area contributed by atoms with E-state index < -0.39 is 0 Å². The van der Waals surface area contributed by atoms with E-state index in [0.717, 1.165) is 24.3 Å². The molecule has 0 aromatic rings. The van der Waals surface area contributed by atoms with Crippen LogP contribution in [0.15, 0.2) is 0 Å². The predicted octanol–water partition coefficient (Wildman–Crippen LogP) is 4.87. The molecule has 2 fully saturated rings. The molecule has 1 aliphatic carbocycles. The Morgan fingerprint density at radius 1 is 1.06 bits per heavy atom. The van der Waals surface area contributed by atoms with Gasteiger partial charge in [0.1, 0.15) is 0 Å². The maximum Gasteiger partial charge on any atom is 0.0642 e. The molecule has 2 aliphatic rings. The topological polar surface area (TPSA) is 9.23 Å². The van der Waals surface area contributed by atoms with Crippen molar-refractivity contribution in [3.63, 3.8) is 0 Å². The van der Waals surface area contributed by atoms with Crippen molar-refractivity contribution in [3.05, 3.63) is 0 Å². The summed E-state index contributed by atoms with van der Waals surface area (Å²) in [6, 6.07) is 0. The first-order chi connectivity index (χ1) is 8.52. The van der Waals surface area contributed by atoms with Gasteiger partial charge in [-0.25, -0.2) is 0 Å². The van der Waals surface area contributed by atoms with Gasteiger partial charge in [0.2, 0.25) is 0 Å². The average molecular weight is 273 g/mol. The van der Waals surface area contributed by atoms with Crippen molar-refractivity contribution in [1.29, 1.82) is 0 Å². The van der Waals surface area contributed by atoms with Crippen molar-refractivity contribution in [2.75, 3.05) is 12.5 Å². The number of hydrogen-bond donors (Lipinski definition) is 0. The Hall–Kier alpha value is 0.250. The normalized spacial score (nSPS) is 38.7.